The third-order valence-corrected chi connectivity index (χ3v) is 5.19. The van der Waals surface area contributed by atoms with Crippen LogP contribution in [-0.4, -0.2) is 75.3 Å². The van der Waals surface area contributed by atoms with E-state index in [0.717, 1.165) is 10.2 Å². The summed E-state index contributed by atoms with van der Waals surface area (Å²) in [6.45, 7) is 1.75. The Morgan fingerprint density at radius 3 is 2.10 bits per heavy atom. The van der Waals surface area contributed by atoms with Gasteiger partial charge in [0.25, 0.3) is 0 Å². The molecule has 21 heavy (non-hydrogen) atoms. The van der Waals surface area contributed by atoms with Crippen LogP contribution in [0.2, 0.25) is 0 Å². The number of piperidine rings is 1. The maximum absolute atomic E-state index is 13.0. The first-order valence-corrected chi connectivity index (χ1v) is 7.53. The Labute approximate surface area is 122 Å². The highest BCUT2D eigenvalue weighted by Crippen LogP contribution is 2.51. The molecule has 0 bridgehead atoms. The van der Waals surface area contributed by atoms with Gasteiger partial charge in [0.1, 0.15) is 0 Å². The first kappa shape index (κ1) is 15.5. The minimum atomic E-state index is -2.86. The summed E-state index contributed by atoms with van der Waals surface area (Å²) in [4.78, 5) is 1.28. The Morgan fingerprint density at radius 1 is 1.05 bits per heavy atom. The van der Waals surface area contributed by atoms with E-state index in [9.17, 15) is 24.3 Å². The maximum atomic E-state index is 13.0. The van der Waals surface area contributed by atoms with E-state index in [-0.39, 0.29) is 17.4 Å². The summed E-state index contributed by atoms with van der Waals surface area (Å²) in [7, 11) is 0. The van der Waals surface area contributed by atoms with Gasteiger partial charge in [-0.25, -0.2) is 4.90 Å². The van der Waals surface area contributed by atoms with Gasteiger partial charge < -0.3 is 15.3 Å². The van der Waals surface area contributed by atoms with E-state index in [2.05, 4.69) is 0 Å². The van der Waals surface area contributed by atoms with Crippen molar-refractivity contribution < 1.29 is 24.3 Å². The molecule has 0 unspecified atom stereocenters. The predicted octanol–water partition coefficient (Wildman–Crippen LogP) is -0.178. The lowest BCUT2D eigenvalue weighted by Crippen LogP contribution is -2.68. The summed E-state index contributed by atoms with van der Waals surface area (Å²) in [5, 5.41) is 30.2. The van der Waals surface area contributed by atoms with Crippen molar-refractivity contribution in [3.63, 3.8) is 0 Å². The highest BCUT2D eigenvalue weighted by molar-refractivity contribution is 5.06. The van der Waals surface area contributed by atoms with Gasteiger partial charge in [0.05, 0.1) is 0 Å². The number of halogens is 2. The fraction of sp³-hybridized carbons (Fsp3) is 1.00. The van der Waals surface area contributed by atoms with E-state index < -0.39 is 6.10 Å². The molecule has 6 nitrogen and oxygen atoms in total. The summed E-state index contributed by atoms with van der Waals surface area (Å²) >= 11 is 0. The largest absolute Gasteiger partial charge is 0.346 e. The highest BCUT2D eigenvalue weighted by Gasteiger charge is 2.56. The molecule has 1 spiro atoms. The smallest absolute Gasteiger partial charge is 0.330 e. The molecule has 3 fully saturated rings. The van der Waals surface area contributed by atoms with Crippen molar-refractivity contribution in [2.75, 3.05) is 32.7 Å². The quantitative estimate of drug-likeness (QED) is 0.494. The van der Waals surface area contributed by atoms with Gasteiger partial charge in [-0.3, -0.25) is 0 Å². The van der Waals surface area contributed by atoms with Crippen LogP contribution in [0.1, 0.15) is 25.7 Å². The van der Waals surface area contributed by atoms with Gasteiger partial charge in [0.15, 0.2) is 0 Å². The average Bonchev–Trinajstić information content (AvgIpc) is 2.30. The molecular formula is C13H23F2N3O3. The van der Waals surface area contributed by atoms with Crippen molar-refractivity contribution in [1.29, 1.82) is 0 Å². The molecule has 3 N–H and O–H groups in total. The highest BCUT2D eigenvalue weighted by atomic mass is 19.2. The molecular weight excluding hydrogens is 284 g/mol. The van der Waals surface area contributed by atoms with Crippen LogP contribution in [0, 0.1) is 11.3 Å². The Balaban J connectivity index is 1.55. The van der Waals surface area contributed by atoms with Gasteiger partial charge in [0, 0.05) is 44.2 Å². The molecule has 3 rings (SSSR count). The van der Waals surface area contributed by atoms with Gasteiger partial charge in [0.2, 0.25) is 0 Å². The minimum absolute atomic E-state index is 0.0643. The molecule has 0 amide bonds. The van der Waals surface area contributed by atoms with Gasteiger partial charge in [-0.05, 0) is 31.6 Å². The molecule has 0 aromatic rings. The maximum Gasteiger partial charge on any atom is 0.346 e. The van der Waals surface area contributed by atoms with Crippen molar-refractivity contribution in [2.24, 2.45) is 11.3 Å². The topological polar surface area (TPSA) is 70.4 Å². The number of hydrogen-bond acceptors (Lipinski definition) is 6. The Bertz CT molecular complexity index is 371. The van der Waals surface area contributed by atoms with Crippen LogP contribution in [0.15, 0.2) is 0 Å². The lowest BCUT2D eigenvalue weighted by molar-refractivity contribution is -0.412. The van der Waals surface area contributed by atoms with Crippen molar-refractivity contribution in [2.45, 2.75) is 37.8 Å². The molecule has 2 saturated heterocycles. The monoisotopic (exact) mass is 307 g/mol. The zero-order valence-corrected chi connectivity index (χ0v) is 12.0. The Kier molecular flexibility index (Phi) is 3.96. The van der Waals surface area contributed by atoms with E-state index in [1.807, 2.05) is 0 Å². The van der Waals surface area contributed by atoms with Crippen molar-refractivity contribution in [3.8, 4) is 0 Å². The SMILES string of the molecule is OC(O)(O)N(CC1CCN(F)CC1)C1CC2(C1)CN(F)C2. The molecule has 1 saturated carbocycles. The Morgan fingerprint density at radius 2 is 1.62 bits per heavy atom. The number of nitrogens with zero attached hydrogens (tertiary/aromatic N) is 3. The molecule has 3 aliphatic rings. The van der Waals surface area contributed by atoms with Crippen molar-refractivity contribution in [3.05, 3.63) is 0 Å². The molecule has 1 aliphatic carbocycles. The van der Waals surface area contributed by atoms with Crippen LogP contribution in [0.5, 0.6) is 0 Å². The van der Waals surface area contributed by atoms with Crippen LogP contribution in [0.3, 0.4) is 0 Å². The molecule has 0 aromatic carbocycles. The van der Waals surface area contributed by atoms with E-state index in [1.54, 1.807) is 0 Å². The minimum Gasteiger partial charge on any atom is -0.330 e. The third kappa shape index (κ3) is 3.20. The zero-order valence-electron chi connectivity index (χ0n) is 12.0. The second-order valence-corrected chi connectivity index (χ2v) is 6.95. The zero-order chi connectivity index (χ0) is 15.3. The predicted molar refractivity (Wildman–Crippen MR) is 69.6 cm³/mol. The first-order chi connectivity index (χ1) is 9.77. The fourth-order valence-corrected chi connectivity index (χ4v) is 3.98. The van der Waals surface area contributed by atoms with Gasteiger partial charge in [-0.15, -0.1) is 19.2 Å². The second kappa shape index (κ2) is 5.36. The van der Waals surface area contributed by atoms with Crippen molar-refractivity contribution >= 4 is 0 Å². The summed E-state index contributed by atoms with van der Waals surface area (Å²) in [5.41, 5.74) is -0.0643. The lowest BCUT2D eigenvalue weighted by Gasteiger charge is -2.59. The summed E-state index contributed by atoms with van der Waals surface area (Å²) < 4.78 is 25.8. The second-order valence-electron chi connectivity index (χ2n) is 6.95. The summed E-state index contributed by atoms with van der Waals surface area (Å²) in [6, 6.07) is -0.165. The Hall–Kier alpha value is -0.380. The third-order valence-electron chi connectivity index (χ3n) is 5.19. The molecule has 8 heteroatoms. The van der Waals surface area contributed by atoms with Crippen LogP contribution in [0.25, 0.3) is 0 Å². The van der Waals surface area contributed by atoms with E-state index in [1.165, 1.54) is 4.90 Å². The van der Waals surface area contributed by atoms with E-state index >= 15 is 0 Å². The van der Waals surface area contributed by atoms with Crippen LogP contribution in [-0.2, 0) is 0 Å². The van der Waals surface area contributed by atoms with Crippen LogP contribution in [0.4, 0.5) is 8.96 Å². The van der Waals surface area contributed by atoms with E-state index in [0.29, 0.717) is 58.4 Å². The average molecular weight is 307 g/mol. The molecule has 0 aromatic heterocycles. The fourth-order valence-electron chi connectivity index (χ4n) is 3.98. The molecule has 122 valence electrons. The normalized spacial score (nSPS) is 28.9. The van der Waals surface area contributed by atoms with Gasteiger partial charge in [-0.2, -0.15) is 0 Å². The molecule has 0 radical (unpaired) electrons. The number of aliphatic hydroxyl groups is 3. The van der Waals surface area contributed by atoms with Gasteiger partial charge >= 0.3 is 6.10 Å². The molecule has 2 aliphatic heterocycles. The standard InChI is InChI=1S/C13H23F2N3O3/c14-16-3-1-10(2-4-16)7-18(13(19,20)21)11-5-12(6-11)8-17(15)9-12/h10-11,19-21H,1-9H2. The van der Waals surface area contributed by atoms with Crippen LogP contribution < -0.4 is 0 Å². The van der Waals surface area contributed by atoms with Crippen LogP contribution >= 0.6 is 0 Å². The van der Waals surface area contributed by atoms with Gasteiger partial charge in [-0.1, -0.05) is 0 Å². The van der Waals surface area contributed by atoms with E-state index in [4.69, 9.17) is 0 Å². The molecule has 0 atom stereocenters. The molecule has 2 heterocycles. The summed E-state index contributed by atoms with van der Waals surface area (Å²) in [6.07, 6.45) is -0.311. The lowest BCUT2D eigenvalue weighted by atomic mass is 9.61. The first-order valence-electron chi connectivity index (χ1n) is 7.53. The summed E-state index contributed by atoms with van der Waals surface area (Å²) in [5.74, 6) is 0.124. The van der Waals surface area contributed by atoms with Crippen molar-refractivity contribution in [1.82, 2.24) is 15.1 Å². The number of hydrogen-bond donors (Lipinski definition) is 3. The number of rotatable bonds is 4.